The van der Waals surface area contributed by atoms with Gasteiger partial charge < -0.3 is 24.8 Å². The second-order valence-corrected chi connectivity index (χ2v) is 16.4. The topological polar surface area (TPSA) is 0 Å². The van der Waals surface area contributed by atoms with Crippen molar-refractivity contribution in [2.24, 2.45) is 5.41 Å². The number of allylic oxidation sites excluding steroid dienone is 4. The molecular weight excluding hydrogens is 534 g/mol. The smallest absolute Gasteiger partial charge is 1.00 e. The summed E-state index contributed by atoms with van der Waals surface area (Å²) in [5.74, 6) is 0. The average molecular weight is 575 g/mol. The summed E-state index contributed by atoms with van der Waals surface area (Å²) in [6, 6.07) is 12.4. The molecule has 0 fully saturated rings. The summed E-state index contributed by atoms with van der Waals surface area (Å²) in [7, 11) is 0. The van der Waals surface area contributed by atoms with E-state index < -0.39 is 23.2 Å². The number of benzene rings is 2. The molecule has 0 N–H and O–H groups in total. The van der Waals surface area contributed by atoms with Crippen LogP contribution in [-0.4, -0.2) is 0 Å². The molecular formula is C31H40Cl2Zr. The Balaban J connectivity index is 0.00000204. The van der Waals surface area contributed by atoms with E-state index in [1.54, 1.807) is 23.3 Å². The van der Waals surface area contributed by atoms with E-state index in [2.05, 4.69) is 106 Å². The van der Waals surface area contributed by atoms with Crippen molar-refractivity contribution in [2.75, 3.05) is 0 Å². The number of halogens is 2. The first kappa shape index (κ1) is 29.6. The molecule has 0 saturated heterocycles. The molecule has 0 spiro atoms. The molecule has 0 saturated carbocycles. The zero-order chi connectivity index (χ0) is 23.6. The van der Waals surface area contributed by atoms with Gasteiger partial charge in [-0.1, -0.05) is 0 Å². The van der Waals surface area contributed by atoms with Gasteiger partial charge in [-0.05, 0) is 0 Å². The molecule has 0 heterocycles. The molecule has 0 radical (unpaired) electrons. The fourth-order valence-electron chi connectivity index (χ4n) is 4.80. The molecule has 0 amide bonds. The van der Waals surface area contributed by atoms with Crippen molar-refractivity contribution in [1.82, 2.24) is 0 Å². The van der Waals surface area contributed by atoms with Crippen molar-refractivity contribution in [3.05, 3.63) is 73.1 Å². The van der Waals surface area contributed by atoms with E-state index in [1.807, 2.05) is 0 Å². The third-order valence-corrected chi connectivity index (χ3v) is 11.1. The average Bonchev–Trinajstić information content (AvgIpc) is 3.20. The first-order valence-corrected chi connectivity index (χ1v) is 14.6. The van der Waals surface area contributed by atoms with Gasteiger partial charge in [-0.3, -0.25) is 0 Å². The maximum Gasteiger partial charge on any atom is -1.00 e. The first-order chi connectivity index (χ1) is 14.6. The molecule has 2 aliphatic rings. The van der Waals surface area contributed by atoms with E-state index >= 15 is 0 Å². The molecule has 182 valence electrons. The van der Waals surface area contributed by atoms with Crippen LogP contribution in [0.1, 0.15) is 97.9 Å². The number of hydrogen-bond donors (Lipinski definition) is 0. The van der Waals surface area contributed by atoms with Crippen LogP contribution in [0.2, 0.25) is 0 Å². The first-order valence-electron chi connectivity index (χ1n) is 12.1. The summed E-state index contributed by atoms with van der Waals surface area (Å²) in [6.07, 6.45) is 4.81. The third-order valence-electron chi connectivity index (χ3n) is 7.23. The second kappa shape index (κ2) is 10.0. The number of hydrogen-bond acceptors (Lipinski definition) is 0. The van der Waals surface area contributed by atoms with Crippen LogP contribution < -0.4 is 28.1 Å². The largest absolute Gasteiger partial charge is 1.00 e. The molecule has 2 aromatic rings. The van der Waals surface area contributed by atoms with Gasteiger partial charge in [0.2, 0.25) is 0 Å². The van der Waals surface area contributed by atoms with E-state index in [1.165, 1.54) is 34.2 Å². The standard InChI is InChI=1S/C21H25.C10H15.2ClH.Zr/c1-20(2,3)16-9-7-14-11-15-8-10-17(21(4,5)6)13-19(15)18(14)12-16;1-8-5-6-9(7-8)10(2,3)4;;;/h7,9-10,12-13H,11H2,1-6H3;7H,6H2,1-4H3;2*1H;/q;;;;+2/p-2. The molecule has 2 aromatic carbocycles. The van der Waals surface area contributed by atoms with Crippen LogP contribution >= 0.6 is 0 Å². The fraction of sp³-hybridized carbons (Fsp3) is 0.484. The third kappa shape index (κ3) is 5.85. The van der Waals surface area contributed by atoms with Gasteiger partial charge in [0, 0.05) is 0 Å². The Hall–Kier alpha value is -0.617. The molecule has 0 aliphatic heterocycles. The van der Waals surface area contributed by atoms with Gasteiger partial charge in [-0.2, -0.15) is 0 Å². The molecule has 3 heteroatoms. The molecule has 4 rings (SSSR count). The second-order valence-electron chi connectivity index (χ2n) is 13.0. The van der Waals surface area contributed by atoms with Crippen LogP contribution in [0.5, 0.6) is 0 Å². The maximum absolute atomic E-state index is 2.59. The predicted molar refractivity (Wildman–Crippen MR) is 137 cm³/mol. The Labute approximate surface area is 232 Å². The van der Waals surface area contributed by atoms with E-state index in [0.29, 0.717) is 0 Å². The van der Waals surface area contributed by atoms with Crippen molar-refractivity contribution in [1.29, 1.82) is 0 Å². The summed E-state index contributed by atoms with van der Waals surface area (Å²) in [4.78, 5) is 0. The van der Waals surface area contributed by atoms with Gasteiger partial charge in [-0.25, -0.2) is 0 Å². The van der Waals surface area contributed by atoms with E-state index in [9.17, 15) is 0 Å². The summed E-state index contributed by atoms with van der Waals surface area (Å²) in [5, 5.41) is 0. The molecule has 0 bridgehead atoms. The normalized spacial score (nSPS) is 15.2. The van der Waals surface area contributed by atoms with Crippen LogP contribution in [0.3, 0.4) is 0 Å². The van der Waals surface area contributed by atoms with Crippen molar-refractivity contribution >= 4 is 3.27 Å². The van der Waals surface area contributed by atoms with E-state index in [-0.39, 0.29) is 41.1 Å². The van der Waals surface area contributed by atoms with Crippen molar-refractivity contribution in [2.45, 2.75) is 92.9 Å². The molecule has 0 unspecified atom stereocenters. The van der Waals surface area contributed by atoms with Gasteiger partial charge in [0.05, 0.1) is 0 Å². The zero-order valence-electron chi connectivity index (χ0n) is 22.6. The van der Waals surface area contributed by atoms with Crippen molar-refractivity contribution in [3.8, 4) is 11.1 Å². The molecule has 2 aliphatic carbocycles. The Morgan fingerprint density at radius 2 is 1.26 bits per heavy atom. The molecule has 0 aromatic heterocycles. The van der Waals surface area contributed by atoms with Gasteiger partial charge in [0.1, 0.15) is 0 Å². The minimum atomic E-state index is -0.850. The van der Waals surface area contributed by atoms with Gasteiger partial charge in [0.15, 0.2) is 0 Å². The zero-order valence-corrected chi connectivity index (χ0v) is 26.6. The Kier molecular flexibility index (Phi) is 8.74. The van der Waals surface area contributed by atoms with Crippen LogP contribution in [0.25, 0.3) is 11.1 Å². The Morgan fingerprint density at radius 1 is 0.676 bits per heavy atom. The molecule has 0 nitrogen and oxygen atoms in total. The van der Waals surface area contributed by atoms with Gasteiger partial charge in [0.25, 0.3) is 0 Å². The van der Waals surface area contributed by atoms with Crippen LogP contribution in [0.4, 0.5) is 0 Å². The van der Waals surface area contributed by atoms with Crippen molar-refractivity contribution < 1.29 is 48.0 Å². The molecule has 0 atom stereocenters. The summed E-state index contributed by atoms with van der Waals surface area (Å²) >= 11 is -0.850. The van der Waals surface area contributed by atoms with Gasteiger partial charge in [-0.15, -0.1) is 0 Å². The quantitative estimate of drug-likeness (QED) is 0.441. The van der Waals surface area contributed by atoms with E-state index in [4.69, 9.17) is 0 Å². The van der Waals surface area contributed by atoms with Crippen LogP contribution in [0, 0.1) is 5.41 Å². The monoisotopic (exact) mass is 572 g/mol. The minimum Gasteiger partial charge on any atom is -1.00 e. The number of fused-ring (bicyclic) bond motifs is 3. The van der Waals surface area contributed by atoms with Crippen LogP contribution in [0.15, 0.2) is 50.8 Å². The fourth-order valence-corrected chi connectivity index (χ4v) is 8.43. The Bertz CT molecular complexity index is 1150. The SMILES string of the molecule is CC1=[C]([Zr+2][c]2cc(C(C)(C)C)cc3c2Cc2ccc(C(C)(C)C)cc2-3)CC(C(C)(C)C)=C1.[Cl-].[Cl-]. The predicted octanol–water partition coefficient (Wildman–Crippen LogP) is 2.22. The number of rotatable bonds is 2. The van der Waals surface area contributed by atoms with Crippen molar-refractivity contribution in [3.63, 3.8) is 0 Å². The van der Waals surface area contributed by atoms with Gasteiger partial charge >= 0.3 is 209 Å². The summed E-state index contributed by atoms with van der Waals surface area (Å²) in [6.45, 7) is 23.5. The maximum atomic E-state index is 2.59. The van der Waals surface area contributed by atoms with E-state index in [0.717, 1.165) is 6.42 Å². The molecule has 34 heavy (non-hydrogen) atoms. The minimum absolute atomic E-state index is 0. The summed E-state index contributed by atoms with van der Waals surface area (Å²) in [5.41, 5.74) is 12.9. The Morgan fingerprint density at radius 3 is 1.79 bits per heavy atom. The summed E-state index contributed by atoms with van der Waals surface area (Å²) < 4.78 is 3.49. The van der Waals surface area contributed by atoms with Crippen LogP contribution in [-0.2, 0) is 40.5 Å².